The van der Waals surface area contributed by atoms with Crippen molar-refractivity contribution in [3.05, 3.63) is 23.3 Å². The molecule has 20 heavy (non-hydrogen) atoms. The molecule has 114 valence electrons. The Hall–Kier alpha value is -0.680. The third-order valence-corrected chi connectivity index (χ3v) is 5.70. The smallest absolute Gasteiger partial charge is 0.337 e. The first kappa shape index (κ1) is 17.4. The lowest BCUT2D eigenvalue weighted by Gasteiger charge is -2.14. The maximum atomic E-state index is 11.6. The highest BCUT2D eigenvalue weighted by Gasteiger charge is 2.26. The Balaban J connectivity index is 3.35. The largest absolute Gasteiger partial charge is 0.380 e. The zero-order valence-electron chi connectivity index (χ0n) is 10.6. The summed E-state index contributed by atoms with van der Waals surface area (Å²) < 4.78 is 59.3. The van der Waals surface area contributed by atoms with Gasteiger partial charge in [-0.1, -0.05) is 22.0 Å². The van der Waals surface area contributed by atoms with Gasteiger partial charge in [0.05, 0.1) is 0 Å². The Morgan fingerprint density at radius 2 is 1.75 bits per heavy atom. The van der Waals surface area contributed by atoms with E-state index in [-0.39, 0.29) is 16.6 Å². The molecule has 0 aliphatic heterocycles. The maximum Gasteiger partial charge on any atom is 0.337 e. The van der Waals surface area contributed by atoms with Gasteiger partial charge in [-0.05, 0) is 25.0 Å². The van der Waals surface area contributed by atoms with Gasteiger partial charge in [-0.3, -0.25) is 4.55 Å². The molecule has 0 fully saturated rings. The van der Waals surface area contributed by atoms with E-state index in [9.17, 15) is 21.9 Å². The van der Waals surface area contributed by atoms with Gasteiger partial charge in [-0.15, -0.1) is 0 Å². The van der Waals surface area contributed by atoms with Crippen LogP contribution in [0.5, 0.6) is 5.75 Å². The number of hydrogen-bond donors (Lipinski definition) is 2. The molecular weight excluding hydrogens is 376 g/mol. The number of halogens is 1. The van der Waals surface area contributed by atoms with E-state index < -0.39 is 30.6 Å². The Bertz CT molecular complexity index is 709. The lowest BCUT2D eigenvalue weighted by atomic mass is 10.1. The monoisotopic (exact) mass is 388 g/mol. The standard InChI is InChI=1S/C10H13BrO7S2/c1-6-3-7(2)9(19(13,14)15)4-8(6)18-20(16,17)10(12)5-11/h3-4,10,12H,5H2,1-2H3,(H,13,14,15). The van der Waals surface area contributed by atoms with Gasteiger partial charge in [0, 0.05) is 11.4 Å². The minimum Gasteiger partial charge on any atom is -0.380 e. The number of benzene rings is 1. The summed E-state index contributed by atoms with van der Waals surface area (Å²) in [6.45, 7) is 2.95. The second-order valence-corrected chi connectivity index (χ2v) is 7.78. The van der Waals surface area contributed by atoms with Crippen LogP contribution in [-0.2, 0) is 20.2 Å². The average Bonchev–Trinajstić information content (AvgIpc) is 2.29. The fourth-order valence-corrected chi connectivity index (χ4v) is 3.83. The van der Waals surface area contributed by atoms with Crippen LogP contribution < -0.4 is 4.18 Å². The highest BCUT2D eigenvalue weighted by atomic mass is 79.9. The topological polar surface area (TPSA) is 118 Å². The zero-order valence-corrected chi connectivity index (χ0v) is 13.8. The van der Waals surface area contributed by atoms with Crippen molar-refractivity contribution >= 4 is 36.2 Å². The molecule has 0 amide bonds. The summed E-state index contributed by atoms with van der Waals surface area (Å²) in [6.07, 6.45) is 0. The molecule has 0 aliphatic rings. The quantitative estimate of drug-likeness (QED) is 0.438. The molecule has 2 N–H and O–H groups in total. The fraction of sp³-hybridized carbons (Fsp3) is 0.400. The second kappa shape index (κ2) is 5.98. The van der Waals surface area contributed by atoms with E-state index in [2.05, 4.69) is 15.9 Å². The van der Waals surface area contributed by atoms with Crippen LogP contribution in [0.2, 0.25) is 0 Å². The summed E-state index contributed by atoms with van der Waals surface area (Å²) in [6, 6.07) is 2.26. The molecular formula is C10H13BrO7S2. The van der Waals surface area contributed by atoms with Gasteiger partial charge in [0.2, 0.25) is 5.44 Å². The molecule has 0 bridgehead atoms. The van der Waals surface area contributed by atoms with Gasteiger partial charge in [-0.25, -0.2) is 0 Å². The van der Waals surface area contributed by atoms with Gasteiger partial charge in [-0.2, -0.15) is 16.8 Å². The Labute approximate surface area is 125 Å². The third kappa shape index (κ3) is 3.92. The minimum absolute atomic E-state index is 0.246. The van der Waals surface area contributed by atoms with E-state index in [4.69, 9.17) is 8.74 Å². The van der Waals surface area contributed by atoms with Gasteiger partial charge < -0.3 is 9.29 Å². The van der Waals surface area contributed by atoms with Crippen molar-refractivity contribution in [1.82, 2.24) is 0 Å². The van der Waals surface area contributed by atoms with Crippen LogP contribution in [0.1, 0.15) is 11.1 Å². The minimum atomic E-state index is -4.50. The molecule has 0 spiro atoms. The van der Waals surface area contributed by atoms with E-state index in [0.717, 1.165) is 6.07 Å². The van der Waals surface area contributed by atoms with Crippen molar-refractivity contribution in [1.29, 1.82) is 0 Å². The van der Waals surface area contributed by atoms with Crippen LogP contribution >= 0.6 is 15.9 Å². The third-order valence-electron chi connectivity index (χ3n) is 2.42. The molecule has 0 aromatic heterocycles. The molecule has 1 unspecified atom stereocenters. The second-order valence-electron chi connectivity index (χ2n) is 4.04. The highest BCUT2D eigenvalue weighted by molar-refractivity contribution is 9.09. The van der Waals surface area contributed by atoms with Crippen molar-refractivity contribution < 1.29 is 30.7 Å². The Morgan fingerprint density at radius 3 is 2.20 bits per heavy atom. The first-order chi connectivity index (χ1) is 8.99. The summed E-state index contributed by atoms with van der Waals surface area (Å²) in [4.78, 5) is -0.457. The van der Waals surface area contributed by atoms with Gasteiger partial charge in [0.15, 0.2) is 0 Å². The number of hydrogen-bond acceptors (Lipinski definition) is 6. The van der Waals surface area contributed by atoms with Crippen LogP contribution in [0.15, 0.2) is 17.0 Å². The fourth-order valence-electron chi connectivity index (χ4n) is 1.44. The molecule has 1 atom stereocenters. The molecule has 7 nitrogen and oxygen atoms in total. The Morgan fingerprint density at radius 1 is 1.20 bits per heavy atom. The predicted molar refractivity (Wildman–Crippen MR) is 75.1 cm³/mol. The van der Waals surface area contributed by atoms with Crippen LogP contribution in [0.4, 0.5) is 0 Å². The van der Waals surface area contributed by atoms with Crippen molar-refractivity contribution in [3.63, 3.8) is 0 Å². The van der Waals surface area contributed by atoms with Crippen LogP contribution in [-0.4, -0.2) is 37.3 Å². The molecule has 0 saturated carbocycles. The lowest BCUT2D eigenvalue weighted by Crippen LogP contribution is -2.27. The summed E-state index contributed by atoms with van der Waals surface area (Å²) in [5.74, 6) is -0.275. The maximum absolute atomic E-state index is 11.6. The molecule has 1 aromatic carbocycles. The van der Waals surface area contributed by atoms with Crippen molar-refractivity contribution in [2.45, 2.75) is 24.2 Å². The van der Waals surface area contributed by atoms with Crippen molar-refractivity contribution in [2.24, 2.45) is 0 Å². The van der Waals surface area contributed by atoms with Gasteiger partial charge >= 0.3 is 10.1 Å². The molecule has 0 heterocycles. The van der Waals surface area contributed by atoms with Crippen LogP contribution in [0.25, 0.3) is 0 Å². The summed E-state index contributed by atoms with van der Waals surface area (Å²) >= 11 is 2.80. The normalized spacial score (nSPS) is 14.1. The van der Waals surface area contributed by atoms with Gasteiger partial charge in [0.1, 0.15) is 10.6 Å². The summed E-state index contributed by atoms with van der Waals surface area (Å²) in [7, 11) is -8.83. The zero-order chi connectivity index (χ0) is 15.7. The van der Waals surface area contributed by atoms with E-state index in [1.54, 1.807) is 0 Å². The highest BCUT2D eigenvalue weighted by Crippen LogP contribution is 2.27. The summed E-state index contributed by atoms with van der Waals surface area (Å²) in [5, 5.41) is 9.04. The number of aliphatic hydroxyl groups is 1. The summed E-state index contributed by atoms with van der Waals surface area (Å²) in [5.41, 5.74) is -1.20. The van der Waals surface area contributed by atoms with Crippen LogP contribution in [0.3, 0.4) is 0 Å². The molecule has 1 rings (SSSR count). The Kier molecular flexibility index (Phi) is 5.19. The van der Waals surface area contributed by atoms with E-state index in [1.165, 1.54) is 19.9 Å². The molecule has 0 aliphatic carbocycles. The number of rotatable bonds is 5. The van der Waals surface area contributed by atoms with Crippen molar-refractivity contribution in [2.75, 3.05) is 5.33 Å². The molecule has 10 heteroatoms. The number of aryl methyl sites for hydroxylation is 2. The SMILES string of the molecule is Cc1cc(C)c(S(=O)(=O)O)cc1OS(=O)(=O)C(O)CBr. The first-order valence-electron chi connectivity index (χ1n) is 5.25. The van der Waals surface area contributed by atoms with Crippen LogP contribution in [0, 0.1) is 13.8 Å². The van der Waals surface area contributed by atoms with E-state index >= 15 is 0 Å². The number of alkyl halides is 1. The first-order valence-corrected chi connectivity index (χ1v) is 9.28. The predicted octanol–water partition coefficient (Wildman–Crippen LogP) is 0.972. The number of aliphatic hydroxyl groups excluding tert-OH is 1. The molecule has 0 saturated heterocycles. The van der Waals surface area contributed by atoms with E-state index in [1.807, 2.05) is 0 Å². The van der Waals surface area contributed by atoms with Crippen molar-refractivity contribution in [3.8, 4) is 5.75 Å². The van der Waals surface area contributed by atoms with Gasteiger partial charge in [0.25, 0.3) is 10.1 Å². The lowest BCUT2D eigenvalue weighted by molar-refractivity contribution is 0.258. The molecule has 0 radical (unpaired) electrons. The average molecular weight is 389 g/mol. The van der Waals surface area contributed by atoms with E-state index in [0.29, 0.717) is 5.56 Å². The molecule has 1 aromatic rings.